The van der Waals surface area contributed by atoms with Gasteiger partial charge >= 0.3 is 0 Å². The highest BCUT2D eigenvalue weighted by molar-refractivity contribution is 8.00. The number of aliphatic hydroxyl groups is 2. The summed E-state index contributed by atoms with van der Waals surface area (Å²) in [6.07, 6.45) is 0.748. The molecule has 0 radical (unpaired) electrons. The van der Waals surface area contributed by atoms with E-state index in [1.165, 1.54) is 0 Å². The summed E-state index contributed by atoms with van der Waals surface area (Å²) in [5.41, 5.74) is 0.845. The van der Waals surface area contributed by atoms with Gasteiger partial charge in [-0.15, -0.1) is 11.8 Å². The molecule has 0 bridgehead atoms. The Labute approximate surface area is 99.3 Å². The summed E-state index contributed by atoms with van der Waals surface area (Å²) in [6, 6.07) is 5.50. The van der Waals surface area contributed by atoms with Crippen LogP contribution in [-0.2, 0) is 6.61 Å². The second-order valence-corrected chi connectivity index (χ2v) is 5.27. The lowest BCUT2D eigenvalue weighted by Crippen LogP contribution is -2.00. The Morgan fingerprint density at radius 2 is 2.13 bits per heavy atom. The molecule has 0 aliphatic rings. The molecule has 1 aromatic rings. The summed E-state index contributed by atoms with van der Waals surface area (Å²) >= 11 is 7.48. The molecule has 1 atom stereocenters. The van der Waals surface area contributed by atoms with Gasteiger partial charge in [0, 0.05) is 21.8 Å². The van der Waals surface area contributed by atoms with Crippen molar-refractivity contribution in [2.24, 2.45) is 0 Å². The predicted molar refractivity (Wildman–Crippen MR) is 64.4 cm³/mol. The molecular weight excluding hydrogens is 232 g/mol. The molecule has 15 heavy (non-hydrogen) atoms. The van der Waals surface area contributed by atoms with E-state index in [4.69, 9.17) is 21.8 Å². The number of thioether (sulfide) groups is 1. The fourth-order valence-electron chi connectivity index (χ4n) is 1.24. The highest BCUT2D eigenvalue weighted by Gasteiger charge is 2.08. The smallest absolute Gasteiger partial charge is 0.0693 e. The molecule has 1 unspecified atom stereocenters. The van der Waals surface area contributed by atoms with Crippen molar-refractivity contribution in [3.05, 3.63) is 28.8 Å². The first-order valence-electron chi connectivity index (χ1n) is 4.84. The molecule has 0 saturated carbocycles. The first kappa shape index (κ1) is 12.8. The van der Waals surface area contributed by atoms with Crippen LogP contribution in [0.5, 0.6) is 0 Å². The van der Waals surface area contributed by atoms with Crippen LogP contribution in [0, 0.1) is 0 Å². The van der Waals surface area contributed by atoms with Crippen molar-refractivity contribution >= 4 is 23.4 Å². The van der Waals surface area contributed by atoms with Crippen LogP contribution < -0.4 is 0 Å². The van der Waals surface area contributed by atoms with Gasteiger partial charge in [-0.25, -0.2) is 0 Å². The largest absolute Gasteiger partial charge is 0.396 e. The molecular formula is C11H15ClO2S. The third-order valence-corrected chi connectivity index (χ3v) is 3.58. The van der Waals surface area contributed by atoms with Crippen molar-refractivity contribution in [2.45, 2.75) is 30.1 Å². The van der Waals surface area contributed by atoms with Gasteiger partial charge in [0.15, 0.2) is 0 Å². The first-order chi connectivity index (χ1) is 7.17. The van der Waals surface area contributed by atoms with Crippen LogP contribution >= 0.6 is 23.4 Å². The van der Waals surface area contributed by atoms with Gasteiger partial charge in [-0.05, 0) is 30.2 Å². The second kappa shape index (κ2) is 6.38. The van der Waals surface area contributed by atoms with E-state index in [-0.39, 0.29) is 13.2 Å². The van der Waals surface area contributed by atoms with Gasteiger partial charge in [0.05, 0.1) is 6.61 Å². The molecule has 1 aromatic carbocycles. The van der Waals surface area contributed by atoms with Gasteiger partial charge in [0.1, 0.15) is 0 Å². The van der Waals surface area contributed by atoms with Crippen LogP contribution in [-0.4, -0.2) is 22.1 Å². The normalized spacial score (nSPS) is 12.8. The van der Waals surface area contributed by atoms with Crippen LogP contribution in [0.2, 0.25) is 5.02 Å². The fraction of sp³-hybridized carbons (Fsp3) is 0.455. The summed E-state index contributed by atoms with van der Waals surface area (Å²) in [5, 5.41) is 18.9. The first-order valence-corrected chi connectivity index (χ1v) is 6.10. The molecule has 0 aromatic heterocycles. The zero-order chi connectivity index (χ0) is 11.3. The van der Waals surface area contributed by atoms with Crippen molar-refractivity contribution in [1.29, 1.82) is 0 Å². The van der Waals surface area contributed by atoms with Crippen LogP contribution in [0.25, 0.3) is 0 Å². The monoisotopic (exact) mass is 246 g/mol. The third kappa shape index (κ3) is 4.03. The Kier molecular flexibility index (Phi) is 5.47. The van der Waals surface area contributed by atoms with Gasteiger partial charge in [0.25, 0.3) is 0 Å². The molecule has 2 N–H and O–H groups in total. The average molecular weight is 247 g/mol. The van der Waals surface area contributed by atoms with Crippen LogP contribution in [0.1, 0.15) is 18.9 Å². The van der Waals surface area contributed by atoms with Crippen molar-refractivity contribution in [3.8, 4) is 0 Å². The summed E-state index contributed by atoms with van der Waals surface area (Å²) in [6.45, 7) is 2.24. The van der Waals surface area contributed by atoms with Crippen LogP contribution in [0.3, 0.4) is 0 Å². The molecule has 0 amide bonds. The Morgan fingerprint density at radius 1 is 1.40 bits per heavy atom. The summed E-state index contributed by atoms with van der Waals surface area (Å²) in [7, 11) is 0. The molecule has 0 aliphatic heterocycles. The standard InChI is InChI=1S/C11H15ClO2S/c1-8(4-5-13)15-11-3-2-10(12)6-9(11)7-14/h2-3,6,8,13-14H,4-5,7H2,1H3. The molecule has 1 rings (SSSR count). The lowest BCUT2D eigenvalue weighted by Gasteiger charge is -2.12. The number of hydrogen-bond donors (Lipinski definition) is 2. The van der Waals surface area contributed by atoms with Crippen molar-refractivity contribution in [3.63, 3.8) is 0 Å². The van der Waals surface area contributed by atoms with Crippen molar-refractivity contribution < 1.29 is 10.2 Å². The highest BCUT2D eigenvalue weighted by Crippen LogP contribution is 2.30. The number of hydrogen-bond acceptors (Lipinski definition) is 3. The SMILES string of the molecule is CC(CCO)Sc1ccc(Cl)cc1CO. The maximum absolute atomic E-state index is 9.16. The van der Waals surface area contributed by atoms with E-state index in [2.05, 4.69) is 6.92 Å². The van der Waals surface area contributed by atoms with Crippen molar-refractivity contribution in [1.82, 2.24) is 0 Å². The Bertz CT molecular complexity index is 317. The second-order valence-electron chi connectivity index (χ2n) is 3.35. The molecule has 0 aliphatic carbocycles. The van der Waals surface area contributed by atoms with E-state index in [0.717, 1.165) is 16.9 Å². The lowest BCUT2D eigenvalue weighted by molar-refractivity contribution is 0.279. The average Bonchev–Trinajstić information content (AvgIpc) is 2.21. The predicted octanol–water partition coefficient (Wildman–Crippen LogP) is 2.70. The molecule has 0 fully saturated rings. The van der Waals surface area contributed by atoms with Gasteiger partial charge in [-0.1, -0.05) is 18.5 Å². The number of rotatable bonds is 5. The van der Waals surface area contributed by atoms with E-state index in [1.54, 1.807) is 17.8 Å². The number of benzene rings is 1. The maximum atomic E-state index is 9.16. The molecule has 2 nitrogen and oxygen atoms in total. The van der Waals surface area contributed by atoms with E-state index < -0.39 is 0 Å². The molecule has 0 spiro atoms. The zero-order valence-electron chi connectivity index (χ0n) is 8.61. The molecule has 0 heterocycles. The minimum Gasteiger partial charge on any atom is -0.396 e. The lowest BCUT2D eigenvalue weighted by atomic mass is 10.2. The van der Waals surface area contributed by atoms with E-state index in [0.29, 0.717) is 10.3 Å². The zero-order valence-corrected chi connectivity index (χ0v) is 10.2. The molecule has 4 heteroatoms. The minimum atomic E-state index is -0.00522. The number of aliphatic hydroxyl groups excluding tert-OH is 2. The van der Waals surface area contributed by atoms with Crippen molar-refractivity contribution in [2.75, 3.05) is 6.61 Å². The fourth-order valence-corrected chi connectivity index (χ4v) is 2.52. The minimum absolute atomic E-state index is 0.00522. The maximum Gasteiger partial charge on any atom is 0.0693 e. The van der Waals surface area contributed by atoms with E-state index >= 15 is 0 Å². The summed E-state index contributed by atoms with van der Waals surface area (Å²) < 4.78 is 0. The van der Waals surface area contributed by atoms with Crippen LogP contribution in [0.15, 0.2) is 23.1 Å². The van der Waals surface area contributed by atoms with Crippen LogP contribution in [0.4, 0.5) is 0 Å². The van der Waals surface area contributed by atoms with Gasteiger partial charge in [-0.3, -0.25) is 0 Å². The topological polar surface area (TPSA) is 40.5 Å². The summed E-state index contributed by atoms with van der Waals surface area (Å²) in [4.78, 5) is 1.03. The molecule has 84 valence electrons. The Morgan fingerprint density at radius 3 is 2.73 bits per heavy atom. The third-order valence-electron chi connectivity index (χ3n) is 2.06. The van der Waals surface area contributed by atoms with E-state index in [9.17, 15) is 0 Å². The molecule has 0 saturated heterocycles. The van der Waals surface area contributed by atoms with Gasteiger partial charge in [0.2, 0.25) is 0 Å². The van der Waals surface area contributed by atoms with Gasteiger partial charge in [-0.2, -0.15) is 0 Å². The number of halogens is 1. The Balaban J connectivity index is 2.75. The quantitative estimate of drug-likeness (QED) is 0.785. The summed E-state index contributed by atoms with van der Waals surface area (Å²) in [5.74, 6) is 0. The highest BCUT2D eigenvalue weighted by atomic mass is 35.5. The van der Waals surface area contributed by atoms with E-state index in [1.807, 2.05) is 12.1 Å². The Hall–Kier alpha value is -0.220. The van der Waals surface area contributed by atoms with Gasteiger partial charge < -0.3 is 10.2 Å².